The van der Waals surface area contributed by atoms with E-state index in [2.05, 4.69) is 0 Å². The Hall–Kier alpha value is -2.62. The summed E-state index contributed by atoms with van der Waals surface area (Å²) in [5, 5.41) is 17.5. The number of rotatable bonds is 7. The maximum atomic E-state index is 10.7. The zero-order valence-electron chi connectivity index (χ0n) is 13.3. The molecule has 0 aromatic carbocycles. The molecular formula is C18H22O4. The van der Waals surface area contributed by atoms with Gasteiger partial charge < -0.3 is 10.2 Å². The van der Waals surface area contributed by atoms with Crippen molar-refractivity contribution >= 4 is 11.9 Å². The molecule has 0 aliphatic heterocycles. The largest absolute Gasteiger partial charge is 0.478 e. The molecular weight excluding hydrogens is 280 g/mol. The van der Waals surface area contributed by atoms with Crippen LogP contribution in [0.25, 0.3) is 0 Å². The smallest absolute Gasteiger partial charge is 0.331 e. The molecule has 0 saturated heterocycles. The van der Waals surface area contributed by atoms with Gasteiger partial charge in [-0.05, 0) is 33.8 Å². The lowest BCUT2D eigenvalue weighted by molar-refractivity contribution is -0.133. The van der Waals surface area contributed by atoms with E-state index in [1.165, 1.54) is 13.0 Å². The fraction of sp³-hybridized carbons (Fsp3) is 0.222. The minimum absolute atomic E-state index is 0.277. The molecule has 0 aromatic rings. The zero-order valence-corrected chi connectivity index (χ0v) is 13.3. The van der Waals surface area contributed by atoms with E-state index in [1.54, 1.807) is 19.1 Å². The number of carboxylic acid groups (broad SMARTS) is 2. The molecule has 0 spiro atoms. The van der Waals surface area contributed by atoms with Crippen LogP contribution < -0.4 is 0 Å². The summed E-state index contributed by atoms with van der Waals surface area (Å²) in [7, 11) is 0. The van der Waals surface area contributed by atoms with E-state index in [4.69, 9.17) is 10.2 Å². The van der Waals surface area contributed by atoms with Gasteiger partial charge in [-0.1, -0.05) is 53.7 Å². The van der Waals surface area contributed by atoms with Gasteiger partial charge in [0.05, 0.1) is 0 Å². The minimum Gasteiger partial charge on any atom is -0.478 e. The van der Waals surface area contributed by atoms with E-state index >= 15 is 0 Å². The van der Waals surface area contributed by atoms with Crippen molar-refractivity contribution in [1.29, 1.82) is 0 Å². The van der Waals surface area contributed by atoms with Crippen LogP contribution in [0.3, 0.4) is 0 Å². The highest BCUT2D eigenvalue weighted by Gasteiger charge is 1.97. The van der Waals surface area contributed by atoms with Crippen molar-refractivity contribution in [2.45, 2.75) is 27.7 Å². The average Bonchev–Trinajstić information content (AvgIpc) is 2.43. The predicted molar refractivity (Wildman–Crippen MR) is 88.6 cm³/mol. The summed E-state index contributed by atoms with van der Waals surface area (Å²) < 4.78 is 0. The second-order valence-electron chi connectivity index (χ2n) is 4.85. The Morgan fingerprint density at radius 2 is 1.18 bits per heavy atom. The molecule has 0 bridgehead atoms. The molecule has 2 N–H and O–H groups in total. The molecule has 0 aliphatic carbocycles. The van der Waals surface area contributed by atoms with Gasteiger partial charge in [-0.15, -0.1) is 0 Å². The molecule has 4 nitrogen and oxygen atoms in total. The quantitative estimate of drug-likeness (QED) is 0.549. The summed E-state index contributed by atoms with van der Waals surface area (Å²) in [6.07, 6.45) is 14.0. The van der Waals surface area contributed by atoms with Crippen LogP contribution in [0.15, 0.2) is 70.9 Å². The molecule has 0 fully saturated rings. The molecule has 22 heavy (non-hydrogen) atoms. The summed E-state index contributed by atoms with van der Waals surface area (Å²) >= 11 is 0. The summed E-state index contributed by atoms with van der Waals surface area (Å²) in [6, 6.07) is 0. The number of aliphatic carboxylic acids is 2. The predicted octanol–water partition coefficient (Wildman–Crippen LogP) is 4.05. The van der Waals surface area contributed by atoms with E-state index < -0.39 is 11.9 Å². The Labute approximate surface area is 131 Å². The highest BCUT2D eigenvalue weighted by atomic mass is 16.4. The van der Waals surface area contributed by atoms with Crippen molar-refractivity contribution in [2.75, 3.05) is 0 Å². The first-order valence-corrected chi connectivity index (χ1v) is 6.75. The Morgan fingerprint density at radius 1 is 0.682 bits per heavy atom. The van der Waals surface area contributed by atoms with E-state index in [0.29, 0.717) is 0 Å². The molecule has 0 amide bonds. The maximum Gasteiger partial charge on any atom is 0.331 e. The van der Waals surface area contributed by atoms with Gasteiger partial charge in [0.1, 0.15) is 0 Å². The summed E-state index contributed by atoms with van der Waals surface area (Å²) in [4.78, 5) is 21.3. The number of carbonyl (C=O) groups is 2. The Kier molecular flexibility index (Phi) is 8.95. The third kappa shape index (κ3) is 9.31. The molecule has 118 valence electrons. The third-order valence-electron chi connectivity index (χ3n) is 2.65. The maximum absolute atomic E-state index is 10.7. The molecule has 0 radical (unpaired) electrons. The molecule has 0 heterocycles. The van der Waals surface area contributed by atoms with Crippen molar-refractivity contribution < 1.29 is 19.8 Å². The fourth-order valence-electron chi connectivity index (χ4n) is 1.34. The minimum atomic E-state index is -0.934. The number of allylic oxidation sites excluding steroid dienone is 10. The standard InChI is InChI=1S/C18H22O4/c1-13(10-7-11-15(3)17(19)20)8-5-6-9-14(2)12-16(4)18(21)22/h5-12H,1-4H3,(H,19,20)(H,21,22)/b6-5+,10-7+,13-8+,14-9+,15-11+,16-12+. The number of hydrogen-bond acceptors (Lipinski definition) is 2. The summed E-state index contributed by atoms with van der Waals surface area (Å²) in [5.41, 5.74) is 2.38. The van der Waals surface area contributed by atoms with Crippen molar-refractivity contribution in [3.63, 3.8) is 0 Å². The SMILES string of the molecule is CC(/C=C/C=C(\C)C(=O)O)=C\C=C\C=C(C)\C=C(/C)C(=O)O. The van der Waals surface area contributed by atoms with Gasteiger partial charge in [-0.3, -0.25) is 0 Å². The van der Waals surface area contributed by atoms with Crippen LogP contribution >= 0.6 is 0 Å². The highest BCUT2D eigenvalue weighted by Crippen LogP contribution is 2.03. The second kappa shape index (κ2) is 10.2. The van der Waals surface area contributed by atoms with Crippen LogP contribution in [0.5, 0.6) is 0 Å². The van der Waals surface area contributed by atoms with Crippen molar-refractivity contribution in [1.82, 2.24) is 0 Å². The Balaban J connectivity index is 4.68. The average molecular weight is 302 g/mol. The van der Waals surface area contributed by atoms with Gasteiger partial charge in [0.2, 0.25) is 0 Å². The lowest BCUT2D eigenvalue weighted by Crippen LogP contribution is -1.95. The van der Waals surface area contributed by atoms with Crippen molar-refractivity contribution in [3.05, 3.63) is 70.9 Å². The second-order valence-corrected chi connectivity index (χ2v) is 4.85. The van der Waals surface area contributed by atoms with Crippen molar-refractivity contribution in [3.8, 4) is 0 Å². The fourth-order valence-corrected chi connectivity index (χ4v) is 1.34. The van der Waals surface area contributed by atoms with Gasteiger partial charge in [0.25, 0.3) is 0 Å². The van der Waals surface area contributed by atoms with Crippen LogP contribution in [-0.4, -0.2) is 22.2 Å². The molecule has 0 aliphatic rings. The highest BCUT2D eigenvalue weighted by molar-refractivity contribution is 5.86. The van der Waals surface area contributed by atoms with Gasteiger partial charge in [-0.2, -0.15) is 0 Å². The molecule has 0 saturated carbocycles. The summed E-state index contributed by atoms with van der Waals surface area (Å²) in [6.45, 7) is 6.80. The molecule has 0 rings (SSSR count). The van der Waals surface area contributed by atoms with E-state index in [9.17, 15) is 9.59 Å². The van der Waals surface area contributed by atoms with E-state index in [-0.39, 0.29) is 11.1 Å². The first kappa shape index (κ1) is 19.4. The molecule has 0 aromatic heterocycles. The van der Waals surface area contributed by atoms with Crippen LogP contribution in [0.1, 0.15) is 27.7 Å². The van der Waals surface area contributed by atoms with Gasteiger partial charge in [0, 0.05) is 11.1 Å². The Morgan fingerprint density at radius 3 is 1.68 bits per heavy atom. The molecule has 0 unspecified atom stereocenters. The normalized spacial score (nSPS) is 14.9. The monoisotopic (exact) mass is 302 g/mol. The first-order valence-electron chi connectivity index (χ1n) is 6.75. The first-order chi connectivity index (χ1) is 10.2. The lowest BCUT2D eigenvalue weighted by Gasteiger charge is -1.93. The van der Waals surface area contributed by atoms with Crippen LogP contribution in [0, 0.1) is 0 Å². The molecule has 0 atom stereocenters. The number of carboxylic acids is 2. The van der Waals surface area contributed by atoms with E-state index in [0.717, 1.165) is 11.1 Å². The lowest BCUT2D eigenvalue weighted by atomic mass is 10.1. The zero-order chi connectivity index (χ0) is 17.1. The van der Waals surface area contributed by atoms with Crippen LogP contribution in [0.4, 0.5) is 0 Å². The molecule has 4 heteroatoms. The number of hydrogen-bond donors (Lipinski definition) is 2. The van der Waals surface area contributed by atoms with Crippen LogP contribution in [-0.2, 0) is 9.59 Å². The third-order valence-corrected chi connectivity index (χ3v) is 2.65. The van der Waals surface area contributed by atoms with Gasteiger partial charge in [0.15, 0.2) is 0 Å². The van der Waals surface area contributed by atoms with E-state index in [1.807, 2.05) is 44.2 Å². The summed E-state index contributed by atoms with van der Waals surface area (Å²) in [5.74, 6) is -1.86. The Bertz CT molecular complexity index is 597. The van der Waals surface area contributed by atoms with Gasteiger partial charge in [-0.25, -0.2) is 9.59 Å². The topological polar surface area (TPSA) is 74.6 Å². The van der Waals surface area contributed by atoms with Crippen molar-refractivity contribution in [2.24, 2.45) is 0 Å². The van der Waals surface area contributed by atoms with Crippen LogP contribution in [0.2, 0.25) is 0 Å². The van der Waals surface area contributed by atoms with Gasteiger partial charge >= 0.3 is 11.9 Å².